The molecule has 2 N–H and O–H groups in total. The monoisotopic (exact) mass is 395 g/mol. The fraction of sp³-hybridized carbons (Fsp3) is 0.750. The molecule has 0 amide bonds. The van der Waals surface area contributed by atoms with E-state index in [0.29, 0.717) is 18.4 Å². The van der Waals surface area contributed by atoms with Crippen LogP contribution in [0, 0.1) is 5.92 Å². The molecular weight excluding hydrogens is 373 g/mol. The number of hydrogen-bond acceptors (Lipinski definition) is 4. The predicted molar refractivity (Wildman–Crippen MR) is 90.0 cm³/mol. The van der Waals surface area contributed by atoms with Gasteiger partial charge in [-0.3, -0.25) is 0 Å². The third kappa shape index (κ3) is 4.87. The van der Waals surface area contributed by atoms with E-state index in [1.54, 1.807) is 11.3 Å². The summed E-state index contributed by atoms with van der Waals surface area (Å²) in [7, 11) is 0. The molecule has 2 rings (SSSR count). The number of halogens is 1. The first-order valence-corrected chi connectivity index (χ1v) is 7.36. The number of nitrogens with two attached hydrogens (primary N) is 1. The Hall–Kier alpha value is -0.440. The fourth-order valence-corrected chi connectivity index (χ4v) is 2.85. The van der Waals surface area contributed by atoms with Gasteiger partial charge in [0.1, 0.15) is 10.0 Å². The molecule has 1 aromatic heterocycles. The number of aliphatic imine (C=N–C) groups is 1. The Morgan fingerprint density at radius 2 is 2.21 bits per heavy atom. The number of rotatable bonds is 3. The molecule has 5 nitrogen and oxygen atoms in total. The lowest BCUT2D eigenvalue weighted by atomic mass is 10.0. The van der Waals surface area contributed by atoms with Gasteiger partial charge in [-0.25, -0.2) is 4.99 Å². The molecule has 1 atom stereocenters. The van der Waals surface area contributed by atoms with Crippen LogP contribution in [0.4, 0.5) is 0 Å². The van der Waals surface area contributed by atoms with Crippen LogP contribution in [0.2, 0.25) is 0 Å². The van der Waals surface area contributed by atoms with Gasteiger partial charge in [0, 0.05) is 13.1 Å². The Bertz CT molecular complexity index is 420. The van der Waals surface area contributed by atoms with E-state index in [4.69, 9.17) is 5.73 Å². The number of likely N-dealkylation sites (tertiary alicyclic amines) is 1. The van der Waals surface area contributed by atoms with Gasteiger partial charge < -0.3 is 10.6 Å². The second-order valence-electron chi connectivity index (χ2n) is 4.81. The molecule has 0 saturated carbocycles. The molecule has 0 radical (unpaired) electrons. The number of hydrogen-bond donors (Lipinski definition) is 1. The van der Waals surface area contributed by atoms with Crippen molar-refractivity contribution in [3.63, 3.8) is 0 Å². The van der Waals surface area contributed by atoms with Crippen LogP contribution in [0.3, 0.4) is 0 Å². The highest BCUT2D eigenvalue weighted by Crippen LogP contribution is 2.15. The molecule has 1 aliphatic rings. The zero-order chi connectivity index (χ0) is 13.0. The summed E-state index contributed by atoms with van der Waals surface area (Å²) in [5.41, 5.74) is 6.03. The zero-order valence-corrected chi connectivity index (χ0v) is 14.6. The van der Waals surface area contributed by atoms with Gasteiger partial charge in [-0.05, 0) is 25.2 Å². The number of guanidine groups is 1. The lowest BCUT2D eigenvalue weighted by molar-refractivity contribution is 0.270. The van der Waals surface area contributed by atoms with Crippen LogP contribution in [0.25, 0.3) is 0 Å². The molecule has 1 aliphatic heterocycles. The van der Waals surface area contributed by atoms with E-state index >= 15 is 0 Å². The average molecular weight is 395 g/mol. The van der Waals surface area contributed by atoms with Gasteiger partial charge in [-0.15, -0.1) is 34.2 Å². The van der Waals surface area contributed by atoms with E-state index in [0.717, 1.165) is 29.5 Å². The first kappa shape index (κ1) is 16.6. The van der Waals surface area contributed by atoms with Crippen molar-refractivity contribution in [2.24, 2.45) is 16.6 Å². The van der Waals surface area contributed by atoms with E-state index < -0.39 is 0 Å². The maximum absolute atomic E-state index is 6.03. The highest BCUT2D eigenvalue weighted by Gasteiger charge is 2.17. The molecule has 1 saturated heterocycles. The topological polar surface area (TPSA) is 67.4 Å². The molecular formula is C12H22IN5S. The molecule has 108 valence electrons. The van der Waals surface area contributed by atoms with Crippen molar-refractivity contribution >= 4 is 41.3 Å². The van der Waals surface area contributed by atoms with Gasteiger partial charge in [0.05, 0.1) is 6.54 Å². The molecule has 1 aromatic rings. The predicted octanol–water partition coefficient (Wildman–Crippen LogP) is 2.27. The van der Waals surface area contributed by atoms with Crippen LogP contribution < -0.4 is 5.73 Å². The Labute approximate surface area is 135 Å². The number of piperidine rings is 1. The van der Waals surface area contributed by atoms with Gasteiger partial charge in [0.2, 0.25) is 0 Å². The van der Waals surface area contributed by atoms with Crippen LogP contribution in [0.5, 0.6) is 0 Å². The van der Waals surface area contributed by atoms with Gasteiger partial charge in [-0.2, -0.15) is 0 Å². The van der Waals surface area contributed by atoms with Crippen molar-refractivity contribution < 1.29 is 0 Å². The van der Waals surface area contributed by atoms with Gasteiger partial charge in [0.15, 0.2) is 5.96 Å². The quantitative estimate of drug-likeness (QED) is 0.485. The Morgan fingerprint density at radius 3 is 2.84 bits per heavy atom. The van der Waals surface area contributed by atoms with E-state index in [-0.39, 0.29) is 24.0 Å². The van der Waals surface area contributed by atoms with Crippen molar-refractivity contribution in [1.82, 2.24) is 15.1 Å². The molecule has 1 fully saturated rings. The van der Waals surface area contributed by atoms with Crippen molar-refractivity contribution in [1.29, 1.82) is 0 Å². The van der Waals surface area contributed by atoms with Crippen molar-refractivity contribution in [2.45, 2.75) is 39.7 Å². The van der Waals surface area contributed by atoms with E-state index in [2.05, 4.69) is 33.9 Å². The SMILES string of the molecule is CCc1nnc(CN=C(N)N2CCCC(C)C2)s1.I. The van der Waals surface area contributed by atoms with Gasteiger partial charge in [0.25, 0.3) is 0 Å². The normalized spacial score (nSPS) is 20.2. The molecule has 19 heavy (non-hydrogen) atoms. The van der Waals surface area contributed by atoms with Crippen molar-refractivity contribution in [2.75, 3.05) is 13.1 Å². The minimum Gasteiger partial charge on any atom is -0.370 e. The summed E-state index contributed by atoms with van der Waals surface area (Å²) in [5, 5.41) is 10.2. The zero-order valence-electron chi connectivity index (χ0n) is 11.5. The number of aromatic nitrogens is 2. The number of nitrogens with zero attached hydrogens (tertiary/aromatic N) is 4. The standard InChI is InChI=1S/C12H21N5S.HI/c1-3-10-15-16-11(18-10)7-14-12(13)17-6-4-5-9(2)8-17;/h9H,3-8H2,1-2H3,(H2,13,14);1H. The Balaban J connectivity index is 0.00000180. The van der Waals surface area contributed by atoms with Crippen molar-refractivity contribution in [3.05, 3.63) is 10.0 Å². The first-order chi connectivity index (χ1) is 8.69. The van der Waals surface area contributed by atoms with E-state index in [9.17, 15) is 0 Å². The van der Waals surface area contributed by atoms with E-state index in [1.807, 2.05) is 0 Å². The summed E-state index contributed by atoms with van der Waals surface area (Å²) in [6, 6.07) is 0. The van der Waals surface area contributed by atoms with Crippen LogP contribution >= 0.6 is 35.3 Å². The number of aryl methyl sites for hydroxylation is 1. The highest BCUT2D eigenvalue weighted by molar-refractivity contribution is 14.0. The van der Waals surface area contributed by atoms with Crippen LogP contribution in [-0.2, 0) is 13.0 Å². The third-order valence-electron chi connectivity index (χ3n) is 3.17. The maximum atomic E-state index is 6.03. The second kappa shape index (κ2) is 7.98. The largest absolute Gasteiger partial charge is 0.370 e. The Kier molecular flexibility index (Phi) is 6.98. The van der Waals surface area contributed by atoms with E-state index in [1.165, 1.54) is 12.8 Å². The minimum atomic E-state index is 0. The summed E-state index contributed by atoms with van der Waals surface area (Å²) in [6.07, 6.45) is 3.43. The molecule has 7 heteroatoms. The fourth-order valence-electron chi connectivity index (χ4n) is 2.14. The van der Waals surface area contributed by atoms with Crippen LogP contribution in [0.15, 0.2) is 4.99 Å². The maximum Gasteiger partial charge on any atom is 0.191 e. The smallest absolute Gasteiger partial charge is 0.191 e. The summed E-state index contributed by atoms with van der Waals surface area (Å²) >= 11 is 1.62. The van der Waals surface area contributed by atoms with Crippen molar-refractivity contribution in [3.8, 4) is 0 Å². The third-order valence-corrected chi connectivity index (χ3v) is 4.22. The summed E-state index contributed by atoms with van der Waals surface area (Å²) in [6.45, 7) is 6.94. The molecule has 1 unspecified atom stereocenters. The lowest BCUT2D eigenvalue weighted by Gasteiger charge is -2.31. The summed E-state index contributed by atoms with van der Waals surface area (Å²) in [4.78, 5) is 6.60. The van der Waals surface area contributed by atoms with Crippen LogP contribution in [-0.4, -0.2) is 34.1 Å². The van der Waals surface area contributed by atoms with Gasteiger partial charge >= 0.3 is 0 Å². The highest BCUT2D eigenvalue weighted by atomic mass is 127. The molecule has 2 heterocycles. The average Bonchev–Trinajstić information content (AvgIpc) is 2.84. The summed E-state index contributed by atoms with van der Waals surface area (Å²) in [5.74, 6) is 1.36. The molecule has 0 bridgehead atoms. The van der Waals surface area contributed by atoms with Crippen LogP contribution in [0.1, 0.15) is 36.7 Å². The second-order valence-corrected chi connectivity index (χ2v) is 5.96. The molecule has 0 aromatic carbocycles. The summed E-state index contributed by atoms with van der Waals surface area (Å²) < 4.78 is 0. The first-order valence-electron chi connectivity index (χ1n) is 6.55. The lowest BCUT2D eigenvalue weighted by Crippen LogP contribution is -2.43. The molecule has 0 aliphatic carbocycles. The minimum absolute atomic E-state index is 0. The Morgan fingerprint density at radius 1 is 1.47 bits per heavy atom. The van der Waals surface area contributed by atoms with Gasteiger partial charge in [-0.1, -0.05) is 25.2 Å². The molecule has 0 spiro atoms.